The molecule has 0 spiro atoms. The van der Waals surface area contributed by atoms with Crippen LogP contribution >= 0.6 is 0 Å². The van der Waals surface area contributed by atoms with Crippen LogP contribution in [0.5, 0.6) is 0 Å². The molecule has 0 unspecified atom stereocenters. The lowest BCUT2D eigenvalue weighted by Gasteiger charge is -2.16. The van der Waals surface area contributed by atoms with Crippen LogP contribution in [0.4, 0.5) is 0 Å². The number of hydrogen-bond acceptors (Lipinski definition) is 5. The Morgan fingerprint density at radius 2 is 0.942 bits per heavy atom. The number of hydrogen-bond donors (Lipinski definition) is 0. The van der Waals surface area contributed by atoms with E-state index < -0.39 is 0 Å². The van der Waals surface area contributed by atoms with Gasteiger partial charge >= 0.3 is 0 Å². The first-order valence-corrected chi connectivity index (χ1v) is 17.4. The molecule has 0 aliphatic carbocycles. The molecule has 6 aromatic carbocycles. The monoisotopic (exact) mass is 661 g/mol. The number of fused-ring (bicyclic) bond motifs is 4. The van der Waals surface area contributed by atoms with Crippen LogP contribution in [0.2, 0.25) is 0 Å². The molecule has 5 heteroatoms. The van der Waals surface area contributed by atoms with Crippen LogP contribution in [-0.2, 0) is 0 Å². The average Bonchev–Trinajstić information content (AvgIpc) is 3.22. The molecule has 0 radical (unpaired) electrons. The molecule has 0 saturated heterocycles. The Morgan fingerprint density at radius 3 is 1.67 bits per heavy atom. The normalized spacial score (nSPS) is 11.8. The fourth-order valence-electron chi connectivity index (χ4n) is 7.78. The van der Waals surface area contributed by atoms with Crippen molar-refractivity contribution in [1.29, 1.82) is 0 Å². The van der Waals surface area contributed by atoms with Gasteiger partial charge in [0.25, 0.3) is 0 Å². The van der Waals surface area contributed by atoms with Gasteiger partial charge in [-0.2, -0.15) is 0 Å². The summed E-state index contributed by atoms with van der Waals surface area (Å²) in [4.78, 5) is 24.5. The summed E-state index contributed by atoms with van der Waals surface area (Å²) in [6.07, 6.45) is 5.60. The van der Waals surface area contributed by atoms with Gasteiger partial charge < -0.3 is 0 Å². The van der Waals surface area contributed by atoms with E-state index in [2.05, 4.69) is 114 Å². The molecule has 0 amide bonds. The quantitative estimate of drug-likeness (QED) is 0.176. The smallest absolute Gasteiger partial charge is 0.0973 e. The second-order valence-electron chi connectivity index (χ2n) is 13.3. The third-order valence-corrected chi connectivity index (χ3v) is 10.4. The largest absolute Gasteiger partial charge is 0.264 e. The van der Waals surface area contributed by atoms with Gasteiger partial charge in [-0.15, -0.1) is 0 Å². The predicted molar refractivity (Wildman–Crippen MR) is 213 cm³/mol. The van der Waals surface area contributed by atoms with E-state index in [1.807, 2.05) is 48.8 Å². The molecule has 5 aromatic heterocycles. The van der Waals surface area contributed by atoms with Gasteiger partial charge in [-0.25, -0.2) is 15.0 Å². The predicted octanol–water partition coefficient (Wildman–Crippen LogP) is 11.7. The van der Waals surface area contributed by atoms with Crippen molar-refractivity contribution in [2.24, 2.45) is 0 Å². The number of para-hydroxylation sites is 1. The second kappa shape index (κ2) is 11.2. The maximum absolute atomic E-state index is 5.34. The molecule has 0 bridgehead atoms. The van der Waals surface area contributed by atoms with Crippen LogP contribution in [0.3, 0.4) is 0 Å². The first-order chi connectivity index (χ1) is 25.7. The van der Waals surface area contributed by atoms with E-state index in [-0.39, 0.29) is 0 Å². The maximum Gasteiger partial charge on any atom is 0.0973 e. The number of pyridine rings is 5. The van der Waals surface area contributed by atoms with E-state index in [9.17, 15) is 0 Å². The van der Waals surface area contributed by atoms with Gasteiger partial charge in [-0.05, 0) is 80.3 Å². The lowest BCUT2D eigenvalue weighted by Crippen LogP contribution is -1.93. The minimum absolute atomic E-state index is 0.832. The average molecular weight is 662 g/mol. The molecule has 0 saturated carbocycles. The summed E-state index contributed by atoms with van der Waals surface area (Å²) in [6.45, 7) is 0. The zero-order valence-corrected chi connectivity index (χ0v) is 27.8. The lowest BCUT2D eigenvalue weighted by atomic mass is 9.88. The van der Waals surface area contributed by atoms with E-state index in [4.69, 9.17) is 19.9 Å². The molecular weight excluding hydrogens is 635 g/mol. The molecule has 11 aromatic rings. The molecule has 52 heavy (non-hydrogen) atoms. The topological polar surface area (TPSA) is 64.5 Å². The fourth-order valence-corrected chi connectivity index (χ4v) is 7.78. The highest BCUT2D eigenvalue weighted by Crippen LogP contribution is 2.42. The Morgan fingerprint density at radius 1 is 0.346 bits per heavy atom. The Bertz CT molecular complexity index is 3170. The van der Waals surface area contributed by atoms with Gasteiger partial charge in [-0.3, -0.25) is 9.97 Å². The molecule has 0 atom stereocenters. The molecule has 0 N–H and O–H groups in total. The highest BCUT2D eigenvalue weighted by molar-refractivity contribution is 6.27. The Hall–Kier alpha value is -7.11. The van der Waals surface area contributed by atoms with E-state index in [1.165, 1.54) is 32.3 Å². The van der Waals surface area contributed by atoms with Crippen LogP contribution in [0.25, 0.3) is 110 Å². The van der Waals surface area contributed by atoms with Crippen molar-refractivity contribution >= 4 is 65.0 Å². The van der Waals surface area contributed by atoms with Gasteiger partial charge in [-0.1, -0.05) is 103 Å². The molecule has 5 nitrogen and oxygen atoms in total. The highest BCUT2D eigenvalue weighted by atomic mass is 14.8. The summed E-state index contributed by atoms with van der Waals surface area (Å²) in [5.41, 5.74) is 10.6. The van der Waals surface area contributed by atoms with Gasteiger partial charge in [0.1, 0.15) is 0 Å². The summed E-state index contributed by atoms with van der Waals surface area (Å²) >= 11 is 0. The summed E-state index contributed by atoms with van der Waals surface area (Å²) in [7, 11) is 0. The van der Waals surface area contributed by atoms with Crippen molar-refractivity contribution in [1.82, 2.24) is 24.9 Å². The van der Waals surface area contributed by atoms with Crippen LogP contribution in [0.15, 0.2) is 164 Å². The van der Waals surface area contributed by atoms with Gasteiger partial charge in [0.15, 0.2) is 0 Å². The SMILES string of the molecule is c1cncc(-c2ccc(-c3ccc4ccc5c(-c6ccc7ccc8ccc(-c9ccc%10ccccc%10n9)nc8c7n6)ccc6ccc3c4c65)cn2)c1. The molecule has 0 fully saturated rings. The first kappa shape index (κ1) is 28.7. The zero-order valence-electron chi connectivity index (χ0n) is 27.8. The van der Waals surface area contributed by atoms with Crippen molar-refractivity contribution in [2.45, 2.75) is 0 Å². The van der Waals surface area contributed by atoms with Crippen LogP contribution in [0.1, 0.15) is 0 Å². The summed E-state index contributed by atoms with van der Waals surface area (Å²) in [6, 6.07) is 51.1. The maximum atomic E-state index is 5.34. The highest BCUT2D eigenvalue weighted by Gasteiger charge is 2.17. The molecule has 5 heterocycles. The Kier molecular flexibility index (Phi) is 6.18. The van der Waals surface area contributed by atoms with Gasteiger partial charge in [0, 0.05) is 51.4 Å². The number of benzene rings is 6. The summed E-state index contributed by atoms with van der Waals surface area (Å²) in [5.74, 6) is 0. The third kappa shape index (κ3) is 4.46. The van der Waals surface area contributed by atoms with Crippen molar-refractivity contribution in [3.8, 4) is 45.0 Å². The molecular formula is C47H27N5. The summed E-state index contributed by atoms with van der Waals surface area (Å²) < 4.78 is 0. The first-order valence-electron chi connectivity index (χ1n) is 17.4. The summed E-state index contributed by atoms with van der Waals surface area (Å²) in [5, 5.41) is 10.5. The van der Waals surface area contributed by atoms with Gasteiger partial charge in [0.05, 0.1) is 39.3 Å². The second-order valence-corrected chi connectivity index (χ2v) is 13.3. The van der Waals surface area contributed by atoms with E-state index in [0.717, 1.165) is 77.7 Å². The standard InChI is InChI=1S/C47H27N5/c1-2-6-40-28(4-1)13-23-42(50-40)43-24-15-32-8-7-31-14-22-41(51-46(31)47(32)52-43)36-18-10-30-11-19-37-35(17-9-29-12-20-38(36)45(30)44(29)37)33-16-21-39(49-27-33)34-5-3-25-48-26-34/h1-27H. The number of rotatable bonds is 4. The van der Waals surface area contributed by atoms with Crippen LogP contribution in [-0.4, -0.2) is 24.9 Å². The number of nitrogens with zero attached hydrogens (tertiary/aromatic N) is 5. The Balaban J connectivity index is 1.06. The molecule has 240 valence electrons. The van der Waals surface area contributed by atoms with Crippen LogP contribution in [0, 0.1) is 0 Å². The molecule has 11 rings (SSSR count). The van der Waals surface area contributed by atoms with E-state index in [0.29, 0.717) is 0 Å². The zero-order chi connectivity index (χ0) is 34.2. The van der Waals surface area contributed by atoms with Crippen molar-refractivity contribution in [2.75, 3.05) is 0 Å². The minimum Gasteiger partial charge on any atom is -0.264 e. The molecule has 0 aliphatic heterocycles. The van der Waals surface area contributed by atoms with Crippen molar-refractivity contribution in [3.63, 3.8) is 0 Å². The fraction of sp³-hybridized carbons (Fsp3) is 0. The minimum atomic E-state index is 0.832. The van der Waals surface area contributed by atoms with E-state index in [1.54, 1.807) is 6.20 Å². The van der Waals surface area contributed by atoms with Gasteiger partial charge in [0.2, 0.25) is 0 Å². The van der Waals surface area contributed by atoms with Crippen molar-refractivity contribution in [3.05, 3.63) is 164 Å². The van der Waals surface area contributed by atoms with Crippen molar-refractivity contribution < 1.29 is 0 Å². The third-order valence-electron chi connectivity index (χ3n) is 10.4. The molecule has 0 aliphatic rings. The Labute approximate surface area is 298 Å². The van der Waals surface area contributed by atoms with E-state index >= 15 is 0 Å². The number of aromatic nitrogens is 5. The lowest BCUT2D eigenvalue weighted by molar-refractivity contribution is 1.28. The van der Waals surface area contributed by atoms with Crippen LogP contribution < -0.4 is 0 Å².